The van der Waals surface area contributed by atoms with E-state index in [2.05, 4.69) is 9.68 Å². The van der Waals surface area contributed by atoms with Crippen molar-refractivity contribution in [3.05, 3.63) is 20.2 Å². The van der Waals surface area contributed by atoms with E-state index in [1.165, 1.54) is 0 Å². The maximum atomic E-state index is 10.3. The molecular formula is C3H6N2O9S2. The highest BCUT2D eigenvalue weighted by molar-refractivity contribution is 8.69. The van der Waals surface area contributed by atoms with Gasteiger partial charge < -0.3 is 9.68 Å². The molecule has 1 N–H and O–H groups in total. The lowest BCUT2D eigenvalue weighted by molar-refractivity contribution is -0.788. The van der Waals surface area contributed by atoms with Crippen molar-refractivity contribution in [2.24, 2.45) is 0 Å². The van der Waals surface area contributed by atoms with Gasteiger partial charge in [-0.05, 0) is 10.8 Å². The van der Waals surface area contributed by atoms with E-state index in [9.17, 15) is 28.6 Å². The van der Waals surface area contributed by atoms with Gasteiger partial charge in [-0.1, -0.05) is 0 Å². The van der Waals surface area contributed by atoms with Crippen LogP contribution in [0.5, 0.6) is 0 Å². The van der Waals surface area contributed by atoms with Gasteiger partial charge in [0.15, 0.2) is 0 Å². The summed E-state index contributed by atoms with van der Waals surface area (Å²) >= 11 is 0. The molecule has 0 amide bonds. The second-order valence-electron chi connectivity index (χ2n) is 2.18. The summed E-state index contributed by atoms with van der Waals surface area (Å²) < 4.78 is 28.9. The van der Waals surface area contributed by atoms with Crippen molar-refractivity contribution in [3.8, 4) is 0 Å². The third-order valence-electron chi connectivity index (χ3n) is 1.00. The zero-order valence-electron chi connectivity index (χ0n) is 7.42. The van der Waals surface area contributed by atoms with E-state index in [1.54, 1.807) is 0 Å². The molecule has 1 atom stereocenters. The first-order valence-electron chi connectivity index (χ1n) is 3.41. The van der Waals surface area contributed by atoms with Crippen molar-refractivity contribution < 1.29 is 32.8 Å². The molecule has 0 aliphatic heterocycles. The minimum atomic E-state index is -4.40. The Balaban J connectivity index is 4.20. The lowest BCUT2D eigenvalue weighted by Gasteiger charge is -2.11. The number of nitrogens with zero attached hydrogens (tertiary/aromatic N) is 2. The molecule has 13 heteroatoms. The van der Waals surface area contributed by atoms with Crippen LogP contribution in [0.1, 0.15) is 0 Å². The van der Waals surface area contributed by atoms with Gasteiger partial charge in [0.05, 0.1) is 0 Å². The van der Waals surface area contributed by atoms with E-state index >= 15 is 0 Å². The van der Waals surface area contributed by atoms with E-state index in [-0.39, 0.29) is 10.8 Å². The Morgan fingerprint density at radius 2 is 1.88 bits per heavy atom. The first kappa shape index (κ1) is 14.7. The van der Waals surface area contributed by atoms with Crippen molar-refractivity contribution in [2.75, 3.05) is 12.4 Å². The first-order valence-corrected chi connectivity index (χ1v) is 6.35. The zero-order valence-corrected chi connectivity index (χ0v) is 9.05. The molecule has 0 radical (unpaired) electrons. The summed E-state index contributed by atoms with van der Waals surface area (Å²) in [5.74, 6) is -0.590. The molecule has 0 saturated carbocycles. The lowest BCUT2D eigenvalue weighted by atomic mass is 10.4. The molecule has 1 unspecified atom stereocenters. The number of rotatable bonds is 8. The van der Waals surface area contributed by atoms with Crippen LogP contribution in [0.4, 0.5) is 0 Å². The topological polar surface area (TPSA) is 159 Å². The average molecular weight is 278 g/mol. The molecule has 0 spiro atoms. The molecule has 0 heterocycles. The Hall–Kier alpha value is -1.34. The number of hydrogen-bond donors (Lipinski definition) is 1. The molecule has 0 rings (SSSR count). The van der Waals surface area contributed by atoms with E-state index in [0.29, 0.717) is 0 Å². The second kappa shape index (κ2) is 6.29. The second-order valence-corrected chi connectivity index (χ2v) is 5.58. The molecule has 94 valence electrons. The molecule has 0 aromatic carbocycles. The normalized spacial score (nSPS) is 12.8. The smallest absolute Gasteiger partial charge is 0.312 e. The standard InChI is InChI=1S/C3H6N2O9S2/c6-4(7)13-1-3(14-5(8)9)2-15-16(10,11)12/h3H,1-2H2,(H,10,11,12). The highest BCUT2D eigenvalue weighted by atomic mass is 33.1. The third kappa shape index (κ3) is 9.22. The SMILES string of the molecule is O=[N+]([O-])OCC(CSS(=O)(=O)O)O[N+](=O)[O-]. The van der Waals surface area contributed by atoms with Crippen molar-refractivity contribution in [2.45, 2.75) is 6.10 Å². The molecule has 0 saturated heterocycles. The molecule has 0 aliphatic rings. The molecule has 0 aromatic rings. The van der Waals surface area contributed by atoms with Crippen LogP contribution in [0.25, 0.3) is 0 Å². The number of hydrogen-bond acceptors (Lipinski definition) is 9. The largest absolute Gasteiger partial charge is 0.319 e. The van der Waals surface area contributed by atoms with E-state index in [4.69, 9.17) is 4.55 Å². The highest BCUT2D eigenvalue weighted by Gasteiger charge is 2.19. The Morgan fingerprint density at radius 3 is 2.25 bits per heavy atom. The van der Waals surface area contributed by atoms with Crippen molar-refractivity contribution in [1.29, 1.82) is 0 Å². The summed E-state index contributed by atoms with van der Waals surface area (Å²) in [6, 6.07) is 0. The van der Waals surface area contributed by atoms with Crippen molar-refractivity contribution >= 4 is 19.9 Å². The van der Waals surface area contributed by atoms with Gasteiger partial charge in [-0.25, -0.2) is 0 Å². The van der Waals surface area contributed by atoms with Crippen molar-refractivity contribution in [3.63, 3.8) is 0 Å². The van der Waals surface area contributed by atoms with Gasteiger partial charge in [0.1, 0.15) is 12.7 Å². The molecule has 16 heavy (non-hydrogen) atoms. The van der Waals surface area contributed by atoms with Gasteiger partial charge in [0.25, 0.3) is 10.2 Å². The minimum absolute atomic E-state index is 0.0689. The quantitative estimate of drug-likeness (QED) is 0.260. The van der Waals surface area contributed by atoms with E-state index in [0.717, 1.165) is 0 Å². The molecule has 0 aliphatic carbocycles. The molecule has 0 aromatic heterocycles. The molecular weight excluding hydrogens is 272 g/mol. The Labute approximate surface area is 92.1 Å². The molecule has 0 fully saturated rings. The van der Waals surface area contributed by atoms with Crippen LogP contribution in [-0.4, -0.2) is 41.6 Å². The summed E-state index contributed by atoms with van der Waals surface area (Å²) in [6.07, 6.45) is -1.48. The monoisotopic (exact) mass is 278 g/mol. The van der Waals surface area contributed by atoms with Crippen LogP contribution in [0.3, 0.4) is 0 Å². The van der Waals surface area contributed by atoms with Gasteiger partial charge in [0.2, 0.25) is 0 Å². The average Bonchev–Trinajstić information content (AvgIpc) is 2.07. The van der Waals surface area contributed by atoms with Crippen LogP contribution < -0.4 is 0 Å². The fourth-order valence-corrected chi connectivity index (χ4v) is 1.99. The Kier molecular flexibility index (Phi) is 5.76. The van der Waals surface area contributed by atoms with Crippen LogP contribution >= 0.6 is 10.8 Å². The highest BCUT2D eigenvalue weighted by Crippen LogP contribution is 2.13. The predicted octanol–water partition coefficient (Wildman–Crippen LogP) is -0.692. The van der Waals surface area contributed by atoms with Gasteiger partial charge in [-0.3, -0.25) is 4.55 Å². The third-order valence-corrected chi connectivity index (χ3v) is 3.11. The fourth-order valence-electron chi connectivity index (χ4n) is 0.537. The summed E-state index contributed by atoms with van der Waals surface area (Å²) in [4.78, 5) is 27.4. The predicted molar refractivity (Wildman–Crippen MR) is 48.8 cm³/mol. The van der Waals surface area contributed by atoms with Gasteiger partial charge >= 0.3 is 9.15 Å². The Bertz CT molecular complexity index is 352. The van der Waals surface area contributed by atoms with Crippen LogP contribution in [0.15, 0.2) is 0 Å². The van der Waals surface area contributed by atoms with E-state index in [1.807, 2.05) is 0 Å². The van der Waals surface area contributed by atoms with Gasteiger partial charge in [0, 0.05) is 5.75 Å². The summed E-state index contributed by atoms with van der Waals surface area (Å²) in [7, 11) is -4.47. The van der Waals surface area contributed by atoms with Crippen LogP contribution in [-0.2, 0) is 18.8 Å². The summed E-state index contributed by atoms with van der Waals surface area (Å²) in [6.45, 7) is -0.823. The lowest BCUT2D eigenvalue weighted by Crippen LogP contribution is -2.27. The summed E-state index contributed by atoms with van der Waals surface area (Å²) in [5, 5.41) is 17.2. The van der Waals surface area contributed by atoms with Crippen LogP contribution in [0.2, 0.25) is 0 Å². The van der Waals surface area contributed by atoms with Gasteiger partial charge in [-0.15, -0.1) is 20.2 Å². The maximum absolute atomic E-state index is 10.3. The van der Waals surface area contributed by atoms with Crippen molar-refractivity contribution in [1.82, 2.24) is 0 Å². The maximum Gasteiger partial charge on any atom is 0.319 e. The Morgan fingerprint density at radius 1 is 1.31 bits per heavy atom. The van der Waals surface area contributed by atoms with Gasteiger partial charge in [-0.2, -0.15) is 8.42 Å². The zero-order chi connectivity index (χ0) is 12.8. The van der Waals surface area contributed by atoms with E-state index < -0.39 is 37.8 Å². The van der Waals surface area contributed by atoms with Crippen LogP contribution in [0, 0.1) is 20.2 Å². The first-order chi connectivity index (χ1) is 7.20. The summed E-state index contributed by atoms with van der Waals surface area (Å²) in [5.41, 5.74) is 0. The minimum Gasteiger partial charge on any atom is -0.312 e. The molecule has 0 bridgehead atoms. The molecule has 11 nitrogen and oxygen atoms in total. The fraction of sp³-hybridized carbons (Fsp3) is 1.00.